The van der Waals surface area contributed by atoms with E-state index in [4.69, 9.17) is 9.84 Å². The maximum Gasteiger partial charge on any atom is 0.338 e. The summed E-state index contributed by atoms with van der Waals surface area (Å²) in [6, 6.07) is 6.54. The molecule has 19 heavy (non-hydrogen) atoms. The number of rotatable bonds is 6. The minimum atomic E-state index is -1.52. The highest BCUT2D eigenvalue weighted by atomic mass is 32.2. The Kier molecular flexibility index (Phi) is 5.69. The number of ether oxygens (including phenoxy) is 1. The summed E-state index contributed by atoms with van der Waals surface area (Å²) in [5, 5.41) is 7.84. The molecule has 1 aromatic rings. The van der Waals surface area contributed by atoms with Crippen LogP contribution in [-0.2, 0) is 26.1 Å². The molecule has 0 fully saturated rings. The zero-order chi connectivity index (χ0) is 14.4. The fourth-order valence-electron chi connectivity index (χ4n) is 1.40. The van der Waals surface area contributed by atoms with Crippen molar-refractivity contribution < 1.29 is 23.6 Å². The Morgan fingerprint density at radius 2 is 2.11 bits per heavy atom. The van der Waals surface area contributed by atoms with Crippen LogP contribution >= 0.6 is 0 Å². The number of hydrogen-bond acceptors (Lipinski definition) is 4. The van der Waals surface area contributed by atoms with Crippen molar-refractivity contribution in [1.29, 1.82) is 0 Å². The number of esters is 1. The van der Waals surface area contributed by atoms with E-state index in [2.05, 4.69) is 0 Å². The lowest BCUT2D eigenvalue weighted by Gasteiger charge is -2.08. The van der Waals surface area contributed by atoms with Crippen molar-refractivity contribution in [3.63, 3.8) is 0 Å². The summed E-state index contributed by atoms with van der Waals surface area (Å²) in [6.45, 7) is 3.39. The number of carboxylic acids is 1. The lowest BCUT2D eigenvalue weighted by atomic mass is 10.1. The molecule has 0 aliphatic rings. The first kappa shape index (κ1) is 15.4. The molecule has 1 N–H and O–H groups in total. The number of hydrogen-bond donors (Lipinski definition) is 1. The fraction of sp³-hybridized carbons (Fsp3) is 0.385. The predicted octanol–water partition coefficient (Wildman–Crippen LogP) is 1.59. The van der Waals surface area contributed by atoms with Gasteiger partial charge in [-0.2, -0.15) is 0 Å². The first-order valence-electron chi connectivity index (χ1n) is 5.81. The van der Waals surface area contributed by atoms with Gasteiger partial charge in [0.05, 0.1) is 12.2 Å². The van der Waals surface area contributed by atoms with Crippen LogP contribution in [0.25, 0.3) is 0 Å². The summed E-state index contributed by atoms with van der Waals surface area (Å²) in [5.41, 5.74) is 1.02. The Hall–Kier alpha value is -1.69. The summed E-state index contributed by atoms with van der Waals surface area (Å²) in [7, 11) is -1.52. The van der Waals surface area contributed by atoms with Crippen LogP contribution in [0, 0.1) is 0 Å². The minimum Gasteiger partial charge on any atom is -0.480 e. The SMILES string of the molecule is CCOC(=O)c1cccc(CS(=O)C(C)C(=O)O)c1. The smallest absolute Gasteiger partial charge is 0.338 e. The monoisotopic (exact) mass is 284 g/mol. The number of aliphatic carboxylic acids is 1. The van der Waals surface area contributed by atoms with Crippen molar-refractivity contribution in [2.45, 2.75) is 24.9 Å². The van der Waals surface area contributed by atoms with E-state index in [1.165, 1.54) is 6.92 Å². The van der Waals surface area contributed by atoms with Crippen LogP contribution in [0.3, 0.4) is 0 Å². The molecular formula is C13H16O5S. The molecular weight excluding hydrogens is 268 g/mol. The molecule has 0 aliphatic heterocycles. The van der Waals surface area contributed by atoms with Gasteiger partial charge in [-0.25, -0.2) is 4.79 Å². The largest absolute Gasteiger partial charge is 0.480 e. The number of carbonyl (C=O) groups is 2. The van der Waals surface area contributed by atoms with E-state index in [9.17, 15) is 13.8 Å². The van der Waals surface area contributed by atoms with Gasteiger partial charge in [0.25, 0.3) is 0 Å². The molecule has 0 saturated carbocycles. The van der Waals surface area contributed by atoms with E-state index in [-0.39, 0.29) is 12.4 Å². The zero-order valence-corrected chi connectivity index (χ0v) is 11.6. The molecule has 6 heteroatoms. The maximum atomic E-state index is 11.8. The standard InChI is InChI=1S/C13H16O5S/c1-3-18-13(16)11-6-4-5-10(7-11)8-19(17)9(2)12(14)15/h4-7,9H,3,8H2,1-2H3,(H,14,15). The lowest BCUT2D eigenvalue weighted by molar-refractivity contribution is -0.136. The molecule has 0 aliphatic carbocycles. The van der Waals surface area contributed by atoms with Crippen LogP contribution in [0.1, 0.15) is 29.8 Å². The van der Waals surface area contributed by atoms with Gasteiger partial charge in [-0.05, 0) is 31.5 Å². The molecule has 0 bridgehead atoms. The summed E-state index contributed by atoms with van der Waals surface area (Å²) in [5.74, 6) is -1.44. The Morgan fingerprint density at radius 3 is 2.68 bits per heavy atom. The molecule has 1 aromatic carbocycles. The van der Waals surface area contributed by atoms with Crippen molar-refractivity contribution in [2.24, 2.45) is 0 Å². The van der Waals surface area contributed by atoms with E-state index < -0.39 is 28.0 Å². The third kappa shape index (κ3) is 4.48. The second-order valence-corrected chi connectivity index (χ2v) is 5.68. The quantitative estimate of drug-likeness (QED) is 0.802. The van der Waals surface area contributed by atoms with Gasteiger partial charge in [-0.1, -0.05) is 12.1 Å². The maximum absolute atomic E-state index is 11.8. The highest BCUT2D eigenvalue weighted by Gasteiger charge is 2.19. The van der Waals surface area contributed by atoms with Gasteiger partial charge in [0.2, 0.25) is 0 Å². The number of carboxylic acid groups (broad SMARTS) is 1. The molecule has 5 nitrogen and oxygen atoms in total. The van der Waals surface area contributed by atoms with Crippen LogP contribution in [0.4, 0.5) is 0 Å². The normalized spacial score (nSPS) is 13.6. The van der Waals surface area contributed by atoms with Crippen LogP contribution in [0.2, 0.25) is 0 Å². The Balaban J connectivity index is 2.80. The molecule has 0 amide bonds. The second kappa shape index (κ2) is 7.04. The predicted molar refractivity (Wildman–Crippen MR) is 71.3 cm³/mol. The highest BCUT2D eigenvalue weighted by Crippen LogP contribution is 2.11. The van der Waals surface area contributed by atoms with E-state index >= 15 is 0 Å². The first-order chi connectivity index (χ1) is 8.95. The Morgan fingerprint density at radius 1 is 1.42 bits per heavy atom. The van der Waals surface area contributed by atoms with Gasteiger partial charge < -0.3 is 9.84 Å². The Bertz CT molecular complexity index is 498. The van der Waals surface area contributed by atoms with Gasteiger partial charge in [-0.15, -0.1) is 0 Å². The number of carbonyl (C=O) groups excluding carboxylic acids is 1. The molecule has 0 saturated heterocycles. The fourth-order valence-corrected chi connectivity index (χ4v) is 2.39. The lowest BCUT2D eigenvalue weighted by Crippen LogP contribution is -2.22. The van der Waals surface area contributed by atoms with Crippen molar-refractivity contribution >= 4 is 22.7 Å². The van der Waals surface area contributed by atoms with Crippen LogP contribution in [-0.4, -0.2) is 33.1 Å². The molecule has 0 spiro atoms. The summed E-state index contributed by atoms with van der Waals surface area (Å²) in [6.07, 6.45) is 0. The summed E-state index contributed by atoms with van der Waals surface area (Å²) in [4.78, 5) is 22.3. The van der Waals surface area contributed by atoms with Gasteiger partial charge in [-0.3, -0.25) is 9.00 Å². The van der Waals surface area contributed by atoms with Crippen LogP contribution < -0.4 is 0 Å². The van der Waals surface area contributed by atoms with Crippen molar-refractivity contribution in [3.05, 3.63) is 35.4 Å². The third-order valence-electron chi connectivity index (χ3n) is 2.49. The first-order valence-corrected chi connectivity index (χ1v) is 7.20. The van der Waals surface area contributed by atoms with Gasteiger partial charge in [0, 0.05) is 16.6 Å². The van der Waals surface area contributed by atoms with Gasteiger partial charge in [0.15, 0.2) is 0 Å². The van der Waals surface area contributed by atoms with Crippen LogP contribution in [0.5, 0.6) is 0 Å². The van der Waals surface area contributed by atoms with E-state index in [0.29, 0.717) is 11.1 Å². The zero-order valence-electron chi connectivity index (χ0n) is 10.8. The summed E-state index contributed by atoms with van der Waals surface area (Å²) < 4.78 is 16.6. The van der Waals surface area contributed by atoms with Crippen molar-refractivity contribution in [3.8, 4) is 0 Å². The molecule has 2 unspecified atom stereocenters. The minimum absolute atomic E-state index is 0.0979. The van der Waals surface area contributed by atoms with Crippen LogP contribution in [0.15, 0.2) is 24.3 Å². The molecule has 0 aromatic heterocycles. The van der Waals surface area contributed by atoms with Crippen molar-refractivity contribution in [1.82, 2.24) is 0 Å². The van der Waals surface area contributed by atoms with E-state index in [0.717, 1.165) is 0 Å². The van der Waals surface area contributed by atoms with E-state index in [1.807, 2.05) is 0 Å². The van der Waals surface area contributed by atoms with Gasteiger partial charge in [0.1, 0.15) is 5.25 Å². The number of benzene rings is 1. The molecule has 104 valence electrons. The van der Waals surface area contributed by atoms with Gasteiger partial charge >= 0.3 is 11.9 Å². The Labute approximate surface area is 114 Å². The van der Waals surface area contributed by atoms with E-state index in [1.54, 1.807) is 31.2 Å². The molecule has 2 atom stereocenters. The average molecular weight is 284 g/mol. The topological polar surface area (TPSA) is 80.7 Å². The molecule has 1 rings (SSSR count). The third-order valence-corrected chi connectivity index (χ3v) is 4.10. The summed E-state index contributed by atoms with van der Waals surface area (Å²) >= 11 is 0. The second-order valence-electron chi connectivity index (χ2n) is 3.93. The molecule has 0 radical (unpaired) electrons. The average Bonchev–Trinajstić information content (AvgIpc) is 2.38. The van der Waals surface area contributed by atoms with Crippen molar-refractivity contribution in [2.75, 3.05) is 6.61 Å². The highest BCUT2D eigenvalue weighted by molar-refractivity contribution is 7.85. The molecule has 0 heterocycles.